The second kappa shape index (κ2) is 6.57. The summed E-state index contributed by atoms with van der Waals surface area (Å²) in [5.74, 6) is 0.115. The molecule has 0 fully saturated rings. The van der Waals surface area contributed by atoms with Crippen LogP contribution in [0.15, 0.2) is 36.4 Å². The summed E-state index contributed by atoms with van der Waals surface area (Å²) in [7, 11) is 0. The molecule has 0 atom stereocenters. The Hall–Kier alpha value is -0.890. The molecule has 1 rings (SSSR count). The quantitative estimate of drug-likeness (QED) is 0.587. The lowest BCUT2D eigenvalue weighted by atomic mass is 10.0. The molecule has 0 aliphatic rings. The molecule has 0 saturated carbocycles. The minimum Gasteiger partial charge on any atom is -0.295 e. The minimum absolute atomic E-state index is 0.115. The van der Waals surface area contributed by atoms with Gasteiger partial charge in [-0.2, -0.15) is 0 Å². The van der Waals surface area contributed by atoms with Gasteiger partial charge in [-0.15, -0.1) is 0 Å². The molecule has 1 nitrogen and oxygen atoms in total. The average Bonchev–Trinajstić information content (AvgIpc) is 2.24. The van der Waals surface area contributed by atoms with Crippen molar-refractivity contribution in [2.75, 3.05) is 0 Å². The van der Waals surface area contributed by atoms with E-state index in [1.54, 1.807) is 13.0 Å². The van der Waals surface area contributed by atoms with Crippen molar-refractivity contribution >= 4 is 21.7 Å². The number of benzene rings is 1. The van der Waals surface area contributed by atoms with Crippen LogP contribution in [0.5, 0.6) is 0 Å². The van der Waals surface area contributed by atoms with E-state index in [0.717, 1.165) is 18.2 Å². The van der Waals surface area contributed by atoms with Gasteiger partial charge in [0.2, 0.25) is 0 Å². The Labute approximate surface area is 99.3 Å². The van der Waals surface area contributed by atoms with Crippen LogP contribution >= 0.6 is 15.9 Å². The van der Waals surface area contributed by atoms with Gasteiger partial charge in [-0.3, -0.25) is 4.79 Å². The topological polar surface area (TPSA) is 17.1 Å². The van der Waals surface area contributed by atoms with Crippen molar-refractivity contribution in [2.45, 2.75) is 25.1 Å². The van der Waals surface area contributed by atoms with Crippen molar-refractivity contribution in [2.24, 2.45) is 0 Å². The van der Waals surface area contributed by atoms with E-state index in [4.69, 9.17) is 0 Å². The van der Waals surface area contributed by atoms with Gasteiger partial charge in [-0.05, 0) is 37.0 Å². The molecule has 2 heteroatoms. The first-order chi connectivity index (χ1) is 7.24. The summed E-state index contributed by atoms with van der Waals surface area (Å²) in [4.78, 5) is 10.7. The smallest absolute Gasteiger partial charge is 0.152 e. The van der Waals surface area contributed by atoms with Gasteiger partial charge in [0.15, 0.2) is 5.78 Å². The van der Waals surface area contributed by atoms with Gasteiger partial charge in [0, 0.05) is 5.33 Å². The first-order valence-corrected chi connectivity index (χ1v) is 6.16. The van der Waals surface area contributed by atoms with Crippen molar-refractivity contribution < 1.29 is 4.79 Å². The number of rotatable bonds is 5. The Morgan fingerprint density at radius 1 is 1.33 bits per heavy atom. The molecule has 0 aliphatic carbocycles. The molecular formula is C13H15BrO. The lowest BCUT2D eigenvalue weighted by Gasteiger charge is -2.04. The van der Waals surface area contributed by atoms with Crippen molar-refractivity contribution in [3.63, 3.8) is 0 Å². The Morgan fingerprint density at radius 3 is 2.60 bits per heavy atom. The fraction of sp³-hybridized carbons (Fsp3) is 0.308. The van der Waals surface area contributed by atoms with E-state index in [1.807, 2.05) is 12.1 Å². The normalized spacial score (nSPS) is 10.8. The number of carbonyl (C=O) groups is 1. The van der Waals surface area contributed by atoms with E-state index < -0.39 is 0 Å². The number of ketones is 1. The summed E-state index contributed by atoms with van der Waals surface area (Å²) < 4.78 is 0. The maximum Gasteiger partial charge on any atom is 0.152 e. The molecule has 0 amide bonds. The number of carbonyl (C=O) groups excluding carboxylic acids is 1. The van der Waals surface area contributed by atoms with Crippen LogP contribution < -0.4 is 0 Å². The number of alkyl halides is 1. The molecule has 0 aliphatic heterocycles. The van der Waals surface area contributed by atoms with E-state index in [1.165, 1.54) is 11.1 Å². The van der Waals surface area contributed by atoms with E-state index in [-0.39, 0.29) is 5.78 Å². The van der Waals surface area contributed by atoms with Crippen molar-refractivity contribution in [3.8, 4) is 0 Å². The summed E-state index contributed by atoms with van der Waals surface area (Å²) in [6.45, 7) is 1.57. The molecular weight excluding hydrogens is 252 g/mol. The van der Waals surface area contributed by atoms with Crippen LogP contribution in [-0.2, 0) is 16.5 Å². The van der Waals surface area contributed by atoms with E-state index in [0.29, 0.717) is 0 Å². The van der Waals surface area contributed by atoms with Crippen molar-refractivity contribution in [1.82, 2.24) is 0 Å². The van der Waals surface area contributed by atoms with Gasteiger partial charge >= 0.3 is 0 Å². The highest BCUT2D eigenvalue weighted by Crippen LogP contribution is 2.14. The monoisotopic (exact) mass is 266 g/mol. The standard InChI is InChI=1S/C13H15BrO/c1-11(15)6-2-3-7-12-8-4-5-9-13(12)10-14/h2,4-6,8-9H,3,7,10H2,1H3/b6-2+. The third-order valence-corrected chi connectivity index (χ3v) is 2.80. The Kier molecular flexibility index (Phi) is 5.33. The first kappa shape index (κ1) is 12.2. The molecule has 1 aromatic carbocycles. The van der Waals surface area contributed by atoms with Gasteiger partial charge in [0.1, 0.15) is 0 Å². The summed E-state index contributed by atoms with van der Waals surface area (Å²) >= 11 is 3.47. The summed E-state index contributed by atoms with van der Waals surface area (Å²) in [6, 6.07) is 8.36. The highest BCUT2D eigenvalue weighted by Gasteiger charge is 1.98. The largest absolute Gasteiger partial charge is 0.295 e. The Morgan fingerprint density at radius 2 is 2.00 bits per heavy atom. The van der Waals surface area contributed by atoms with Crippen LogP contribution in [0.2, 0.25) is 0 Å². The van der Waals surface area contributed by atoms with Crippen LogP contribution in [0, 0.1) is 0 Å². The SMILES string of the molecule is CC(=O)/C=C/CCc1ccccc1CBr. The van der Waals surface area contributed by atoms with Crippen molar-refractivity contribution in [3.05, 3.63) is 47.5 Å². The molecule has 15 heavy (non-hydrogen) atoms. The lowest BCUT2D eigenvalue weighted by molar-refractivity contribution is -0.112. The zero-order valence-electron chi connectivity index (χ0n) is 8.87. The summed E-state index contributed by atoms with van der Waals surface area (Å²) in [6.07, 6.45) is 5.49. The summed E-state index contributed by atoms with van der Waals surface area (Å²) in [5, 5.41) is 0.888. The van der Waals surface area contributed by atoms with E-state index >= 15 is 0 Å². The second-order valence-electron chi connectivity index (χ2n) is 3.45. The molecule has 0 bridgehead atoms. The predicted octanol–water partition coefficient (Wildman–Crippen LogP) is 3.66. The zero-order valence-corrected chi connectivity index (χ0v) is 10.5. The van der Waals surface area contributed by atoms with E-state index in [9.17, 15) is 4.79 Å². The number of hydrogen-bond acceptors (Lipinski definition) is 1. The Balaban J connectivity index is 2.53. The van der Waals surface area contributed by atoms with Gasteiger partial charge in [-0.25, -0.2) is 0 Å². The fourth-order valence-electron chi connectivity index (χ4n) is 1.42. The summed E-state index contributed by atoms with van der Waals surface area (Å²) in [5.41, 5.74) is 2.68. The molecule has 0 unspecified atom stereocenters. The maximum absolute atomic E-state index is 10.7. The van der Waals surface area contributed by atoms with Crippen LogP contribution in [0.25, 0.3) is 0 Å². The predicted molar refractivity (Wildman–Crippen MR) is 67.2 cm³/mol. The number of aryl methyl sites for hydroxylation is 1. The number of hydrogen-bond donors (Lipinski definition) is 0. The molecule has 0 radical (unpaired) electrons. The molecule has 0 N–H and O–H groups in total. The third-order valence-electron chi connectivity index (χ3n) is 2.20. The molecule has 80 valence electrons. The van der Waals surface area contributed by atoms with Crippen molar-refractivity contribution in [1.29, 1.82) is 0 Å². The van der Waals surface area contributed by atoms with Crippen LogP contribution in [0.4, 0.5) is 0 Å². The lowest BCUT2D eigenvalue weighted by Crippen LogP contribution is -1.90. The molecule has 0 heterocycles. The van der Waals surface area contributed by atoms with Gasteiger partial charge in [0.25, 0.3) is 0 Å². The average molecular weight is 267 g/mol. The fourth-order valence-corrected chi connectivity index (χ4v) is 1.97. The zero-order chi connectivity index (χ0) is 11.1. The number of halogens is 1. The molecule has 1 aromatic rings. The van der Waals surface area contributed by atoms with Crippen LogP contribution in [-0.4, -0.2) is 5.78 Å². The van der Waals surface area contributed by atoms with Crippen LogP contribution in [0.3, 0.4) is 0 Å². The van der Waals surface area contributed by atoms with Gasteiger partial charge in [0.05, 0.1) is 0 Å². The maximum atomic E-state index is 10.7. The minimum atomic E-state index is 0.115. The number of allylic oxidation sites excluding steroid dienone is 2. The highest BCUT2D eigenvalue weighted by atomic mass is 79.9. The molecule has 0 spiro atoms. The highest BCUT2D eigenvalue weighted by molar-refractivity contribution is 9.08. The van der Waals surface area contributed by atoms with Crippen LogP contribution in [0.1, 0.15) is 24.5 Å². The third kappa shape index (κ3) is 4.43. The molecule has 0 saturated heterocycles. The second-order valence-corrected chi connectivity index (χ2v) is 4.01. The van der Waals surface area contributed by atoms with Gasteiger partial charge < -0.3 is 0 Å². The Bertz CT molecular complexity index is 355. The van der Waals surface area contributed by atoms with E-state index in [2.05, 4.69) is 34.1 Å². The first-order valence-electron chi connectivity index (χ1n) is 5.04. The molecule has 0 aromatic heterocycles. The van der Waals surface area contributed by atoms with Gasteiger partial charge in [-0.1, -0.05) is 46.3 Å².